The first-order valence-corrected chi connectivity index (χ1v) is 6.03. The minimum atomic E-state index is 1.01. The van der Waals surface area contributed by atoms with Crippen molar-refractivity contribution < 1.29 is 0 Å². The Balaban J connectivity index is 2.00. The summed E-state index contributed by atoms with van der Waals surface area (Å²) >= 11 is 1.70. The molecule has 0 aliphatic carbocycles. The van der Waals surface area contributed by atoms with Crippen molar-refractivity contribution in [1.82, 2.24) is 0 Å². The van der Waals surface area contributed by atoms with Gasteiger partial charge in [0.2, 0.25) is 0 Å². The molecule has 0 bridgehead atoms. The molecule has 1 N–H and O–H groups in total. The summed E-state index contributed by atoms with van der Waals surface area (Å²) < 4.78 is 0. The van der Waals surface area contributed by atoms with Gasteiger partial charge in [0.05, 0.1) is 11.9 Å². The highest BCUT2D eigenvalue weighted by Crippen LogP contribution is 2.13. The molecule has 0 unspecified atom stereocenters. The highest BCUT2D eigenvalue weighted by molar-refractivity contribution is 7.11. The minimum Gasteiger partial charge on any atom is -0.278 e. The monoisotopic (exact) mass is 230 g/mol. The number of nitrogens with one attached hydrogen (secondary N) is 1. The van der Waals surface area contributed by atoms with Crippen molar-refractivity contribution in [1.29, 1.82) is 0 Å². The average Bonchev–Trinajstić information content (AvgIpc) is 2.68. The molecule has 0 spiro atoms. The van der Waals surface area contributed by atoms with Crippen LogP contribution in [0.1, 0.15) is 16.0 Å². The smallest absolute Gasteiger partial charge is 0.0647 e. The van der Waals surface area contributed by atoms with Crippen LogP contribution in [0.5, 0.6) is 0 Å². The third kappa shape index (κ3) is 2.70. The molecule has 0 radical (unpaired) electrons. The van der Waals surface area contributed by atoms with Crippen molar-refractivity contribution in [2.75, 3.05) is 5.43 Å². The van der Waals surface area contributed by atoms with Crippen molar-refractivity contribution in [3.8, 4) is 0 Å². The molecule has 0 aliphatic rings. The summed E-state index contributed by atoms with van der Waals surface area (Å²) in [5.41, 5.74) is 6.54. The summed E-state index contributed by atoms with van der Waals surface area (Å²) in [4.78, 5) is 1.19. The first kappa shape index (κ1) is 10.9. The Morgan fingerprint density at radius 3 is 2.50 bits per heavy atom. The second-order valence-electron chi connectivity index (χ2n) is 3.70. The minimum absolute atomic E-state index is 1.01. The number of aryl methyl sites for hydroxylation is 2. The van der Waals surface area contributed by atoms with Gasteiger partial charge in [-0.2, -0.15) is 5.10 Å². The molecule has 1 aromatic carbocycles. The zero-order valence-corrected chi connectivity index (χ0v) is 10.2. The van der Waals surface area contributed by atoms with Crippen LogP contribution in [0, 0.1) is 13.8 Å². The van der Waals surface area contributed by atoms with Gasteiger partial charge in [0.15, 0.2) is 0 Å². The van der Waals surface area contributed by atoms with E-state index in [1.54, 1.807) is 11.3 Å². The summed E-state index contributed by atoms with van der Waals surface area (Å²) in [7, 11) is 0. The van der Waals surface area contributed by atoms with E-state index in [4.69, 9.17) is 0 Å². The summed E-state index contributed by atoms with van der Waals surface area (Å²) in [5.74, 6) is 0. The molecule has 1 heterocycles. The van der Waals surface area contributed by atoms with E-state index in [2.05, 4.69) is 48.0 Å². The molecule has 2 rings (SSSR count). The van der Waals surface area contributed by atoms with Crippen molar-refractivity contribution in [2.45, 2.75) is 13.8 Å². The van der Waals surface area contributed by atoms with Crippen LogP contribution in [0.15, 0.2) is 40.8 Å². The quantitative estimate of drug-likeness (QED) is 0.629. The van der Waals surface area contributed by atoms with Crippen LogP contribution in [0.3, 0.4) is 0 Å². The Labute approximate surface area is 99.6 Å². The molecule has 3 heteroatoms. The maximum absolute atomic E-state index is 4.21. The van der Waals surface area contributed by atoms with Crippen LogP contribution < -0.4 is 5.43 Å². The normalized spacial score (nSPS) is 10.9. The van der Waals surface area contributed by atoms with Gasteiger partial charge >= 0.3 is 0 Å². The number of hydrazone groups is 1. The molecule has 0 saturated heterocycles. The molecule has 0 saturated carbocycles. The second kappa shape index (κ2) is 4.94. The van der Waals surface area contributed by atoms with Gasteiger partial charge in [0.25, 0.3) is 0 Å². The molecule has 2 aromatic rings. The molecule has 0 aliphatic heterocycles. The Morgan fingerprint density at radius 1 is 1.12 bits per heavy atom. The predicted molar refractivity (Wildman–Crippen MR) is 71.5 cm³/mol. The largest absolute Gasteiger partial charge is 0.278 e. The first-order chi connectivity index (χ1) is 7.75. The molecule has 1 aromatic heterocycles. The van der Waals surface area contributed by atoms with Crippen molar-refractivity contribution in [3.05, 3.63) is 51.7 Å². The van der Waals surface area contributed by atoms with Crippen LogP contribution in [0.2, 0.25) is 0 Å². The topological polar surface area (TPSA) is 24.4 Å². The lowest BCUT2D eigenvalue weighted by atomic mass is 10.2. The van der Waals surface area contributed by atoms with Gasteiger partial charge in [-0.1, -0.05) is 17.7 Å². The molecular formula is C13H14N2S. The SMILES string of the molecule is Cc1ccc(N/N=C/c2sccc2C)cc1. The maximum atomic E-state index is 4.21. The van der Waals surface area contributed by atoms with Crippen LogP contribution in [-0.2, 0) is 0 Å². The average molecular weight is 230 g/mol. The summed E-state index contributed by atoms with van der Waals surface area (Å²) in [6.07, 6.45) is 1.86. The molecule has 0 fully saturated rings. The van der Waals surface area contributed by atoms with E-state index in [0.717, 1.165) is 5.69 Å². The fourth-order valence-corrected chi connectivity index (χ4v) is 2.10. The standard InChI is InChI=1S/C13H14N2S/c1-10-3-5-12(6-4-10)15-14-9-13-11(2)7-8-16-13/h3-9,15H,1-2H3/b14-9+. The lowest BCUT2D eigenvalue weighted by Crippen LogP contribution is -1.89. The highest BCUT2D eigenvalue weighted by Gasteiger charge is 1.94. The third-order valence-electron chi connectivity index (χ3n) is 2.33. The molecule has 2 nitrogen and oxygen atoms in total. The van der Waals surface area contributed by atoms with Crippen LogP contribution in [0.25, 0.3) is 0 Å². The van der Waals surface area contributed by atoms with Crippen molar-refractivity contribution in [2.24, 2.45) is 5.10 Å². The number of anilines is 1. The lowest BCUT2D eigenvalue weighted by Gasteiger charge is -1.99. The van der Waals surface area contributed by atoms with Gasteiger partial charge in [0.1, 0.15) is 0 Å². The van der Waals surface area contributed by atoms with Gasteiger partial charge in [-0.05, 0) is 43.0 Å². The molecular weight excluding hydrogens is 216 g/mol. The Bertz CT molecular complexity index is 483. The number of benzene rings is 1. The summed E-state index contributed by atoms with van der Waals surface area (Å²) in [6.45, 7) is 4.16. The zero-order valence-electron chi connectivity index (χ0n) is 9.40. The number of hydrogen-bond acceptors (Lipinski definition) is 3. The zero-order chi connectivity index (χ0) is 11.4. The molecule has 16 heavy (non-hydrogen) atoms. The lowest BCUT2D eigenvalue weighted by molar-refractivity contribution is 1.34. The van der Waals surface area contributed by atoms with Crippen molar-refractivity contribution >= 4 is 23.2 Å². The maximum Gasteiger partial charge on any atom is 0.0647 e. The molecule has 82 valence electrons. The van der Waals surface area contributed by atoms with E-state index in [-0.39, 0.29) is 0 Å². The highest BCUT2D eigenvalue weighted by atomic mass is 32.1. The van der Waals surface area contributed by atoms with Gasteiger partial charge in [-0.3, -0.25) is 5.43 Å². The van der Waals surface area contributed by atoms with Gasteiger partial charge in [-0.25, -0.2) is 0 Å². The van der Waals surface area contributed by atoms with Crippen LogP contribution in [0.4, 0.5) is 5.69 Å². The van der Waals surface area contributed by atoms with E-state index in [9.17, 15) is 0 Å². The molecule has 0 atom stereocenters. The molecule has 0 amide bonds. The fourth-order valence-electron chi connectivity index (χ4n) is 1.31. The second-order valence-corrected chi connectivity index (χ2v) is 4.65. The van der Waals surface area contributed by atoms with E-state index in [0.29, 0.717) is 0 Å². The third-order valence-corrected chi connectivity index (χ3v) is 3.28. The van der Waals surface area contributed by atoms with Crippen LogP contribution >= 0.6 is 11.3 Å². The summed E-state index contributed by atoms with van der Waals surface area (Å²) in [6, 6.07) is 10.3. The van der Waals surface area contributed by atoms with Gasteiger partial charge < -0.3 is 0 Å². The van der Waals surface area contributed by atoms with Crippen molar-refractivity contribution in [3.63, 3.8) is 0 Å². The number of hydrogen-bond donors (Lipinski definition) is 1. The first-order valence-electron chi connectivity index (χ1n) is 5.15. The van der Waals surface area contributed by atoms with Crippen LogP contribution in [-0.4, -0.2) is 6.21 Å². The number of rotatable bonds is 3. The fraction of sp³-hybridized carbons (Fsp3) is 0.154. The Morgan fingerprint density at radius 2 is 1.88 bits per heavy atom. The summed E-state index contributed by atoms with van der Waals surface area (Å²) in [5, 5.41) is 6.28. The van der Waals surface area contributed by atoms with E-state index >= 15 is 0 Å². The van der Waals surface area contributed by atoms with E-state index in [1.165, 1.54) is 16.0 Å². The Kier molecular flexibility index (Phi) is 3.37. The Hall–Kier alpha value is -1.61. The van der Waals surface area contributed by atoms with Gasteiger partial charge in [-0.15, -0.1) is 11.3 Å². The number of nitrogens with zero attached hydrogens (tertiary/aromatic N) is 1. The predicted octanol–water partition coefficient (Wildman–Crippen LogP) is 3.81. The van der Waals surface area contributed by atoms with E-state index in [1.807, 2.05) is 18.3 Å². The number of thiophene rings is 1. The van der Waals surface area contributed by atoms with E-state index < -0.39 is 0 Å². The van der Waals surface area contributed by atoms with Gasteiger partial charge in [0, 0.05) is 4.88 Å².